The summed E-state index contributed by atoms with van der Waals surface area (Å²) in [5.41, 5.74) is 0.0740. The SMILES string of the molecule is C[C@H]1c2ccc(C(=O)NCc3c(F)cc(F)cc3F)cc2N(Cc2c(F)c[c]cc2F)C(=O)N1C. The van der Waals surface area contributed by atoms with E-state index in [1.807, 2.05) is 0 Å². The van der Waals surface area contributed by atoms with Crippen molar-refractivity contribution in [3.8, 4) is 0 Å². The number of carbonyl (C=O) groups is 2. The summed E-state index contributed by atoms with van der Waals surface area (Å²) in [7, 11) is 1.54. The van der Waals surface area contributed by atoms with Crippen molar-refractivity contribution in [2.75, 3.05) is 11.9 Å². The Morgan fingerprint density at radius 1 is 0.971 bits per heavy atom. The molecule has 1 N–H and O–H groups in total. The van der Waals surface area contributed by atoms with Gasteiger partial charge in [0.15, 0.2) is 0 Å². The molecule has 0 aromatic heterocycles. The number of hydrogen-bond donors (Lipinski definition) is 1. The Bertz CT molecular complexity index is 1290. The Hall–Kier alpha value is -3.95. The van der Waals surface area contributed by atoms with Crippen molar-refractivity contribution >= 4 is 17.6 Å². The first-order valence-corrected chi connectivity index (χ1v) is 10.5. The van der Waals surface area contributed by atoms with Crippen LogP contribution in [0.2, 0.25) is 0 Å². The molecular formula is C25H19F5N3O2. The molecule has 181 valence electrons. The minimum atomic E-state index is -1.15. The lowest BCUT2D eigenvalue weighted by atomic mass is 9.98. The highest BCUT2D eigenvalue weighted by atomic mass is 19.2. The van der Waals surface area contributed by atoms with E-state index in [0.717, 1.165) is 17.0 Å². The topological polar surface area (TPSA) is 52.7 Å². The summed E-state index contributed by atoms with van der Waals surface area (Å²) >= 11 is 0. The highest BCUT2D eigenvalue weighted by molar-refractivity contribution is 5.99. The van der Waals surface area contributed by atoms with E-state index in [1.54, 1.807) is 20.0 Å². The Kier molecular flexibility index (Phi) is 6.47. The molecule has 4 rings (SSSR count). The predicted octanol–water partition coefficient (Wildman–Crippen LogP) is 5.25. The van der Waals surface area contributed by atoms with E-state index in [9.17, 15) is 31.5 Å². The van der Waals surface area contributed by atoms with Crippen LogP contribution in [0, 0.1) is 35.2 Å². The third-order valence-corrected chi connectivity index (χ3v) is 5.99. The van der Waals surface area contributed by atoms with Crippen LogP contribution in [0.1, 0.15) is 40.0 Å². The van der Waals surface area contributed by atoms with Crippen LogP contribution in [0.25, 0.3) is 0 Å². The van der Waals surface area contributed by atoms with Crippen LogP contribution in [0.5, 0.6) is 0 Å². The van der Waals surface area contributed by atoms with Crippen LogP contribution < -0.4 is 10.2 Å². The van der Waals surface area contributed by atoms with Gasteiger partial charge < -0.3 is 10.2 Å². The minimum Gasteiger partial charge on any atom is -0.348 e. The lowest BCUT2D eigenvalue weighted by molar-refractivity contribution is 0.0950. The van der Waals surface area contributed by atoms with Crippen molar-refractivity contribution in [2.24, 2.45) is 0 Å². The fourth-order valence-corrected chi connectivity index (χ4v) is 3.89. The number of nitrogens with one attached hydrogen (secondary N) is 1. The number of benzene rings is 3. The maximum atomic E-state index is 14.3. The largest absolute Gasteiger partial charge is 0.348 e. The molecule has 1 atom stereocenters. The van der Waals surface area contributed by atoms with E-state index in [4.69, 9.17) is 0 Å². The number of rotatable bonds is 5. The van der Waals surface area contributed by atoms with Gasteiger partial charge in [0.25, 0.3) is 5.91 Å². The molecular weight excluding hydrogens is 469 g/mol. The third kappa shape index (κ3) is 4.55. The summed E-state index contributed by atoms with van der Waals surface area (Å²) in [5, 5.41) is 2.36. The van der Waals surface area contributed by atoms with Crippen LogP contribution >= 0.6 is 0 Å². The molecule has 1 aliphatic heterocycles. The molecule has 1 radical (unpaired) electrons. The quantitative estimate of drug-likeness (QED) is 0.499. The fraction of sp³-hybridized carbons (Fsp3) is 0.200. The summed E-state index contributed by atoms with van der Waals surface area (Å²) in [6, 6.07) is 8.73. The highest BCUT2D eigenvalue weighted by Crippen LogP contribution is 2.37. The second kappa shape index (κ2) is 9.36. The average Bonchev–Trinajstić information content (AvgIpc) is 2.80. The first-order chi connectivity index (χ1) is 16.6. The number of amides is 3. The van der Waals surface area contributed by atoms with Crippen molar-refractivity contribution < 1.29 is 31.5 Å². The molecule has 3 amide bonds. The van der Waals surface area contributed by atoms with Crippen LogP contribution in [0.15, 0.2) is 42.5 Å². The van der Waals surface area contributed by atoms with Crippen molar-refractivity contribution in [1.82, 2.24) is 10.2 Å². The zero-order valence-electron chi connectivity index (χ0n) is 18.6. The molecule has 1 aliphatic rings. The molecule has 35 heavy (non-hydrogen) atoms. The average molecular weight is 488 g/mol. The molecule has 0 saturated heterocycles. The molecule has 3 aromatic rings. The van der Waals surface area contributed by atoms with Gasteiger partial charge >= 0.3 is 6.03 Å². The van der Waals surface area contributed by atoms with E-state index < -0.39 is 65.7 Å². The van der Waals surface area contributed by atoms with E-state index in [-0.39, 0.29) is 16.8 Å². The van der Waals surface area contributed by atoms with Crippen LogP contribution in [-0.4, -0.2) is 23.9 Å². The molecule has 10 heteroatoms. The molecule has 0 spiro atoms. The van der Waals surface area contributed by atoms with E-state index in [2.05, 4.69) is 11.4 Å². The lowest BCUT2D eigenvalue weighted by Gasteiger charge is -2.39. The summed E-state index contributed by atoms with van der Waals surface area (Å²) in [6.45, 7) is 0.769. The van der Waals surface area contributed by atoms with Gasteiger partial charge in [-0.2, -0.15) is 0 Å². The number of urea groups is 1. The van der Waals surface area contributed by atoms with Gasteiger partial charge in [-0.05, 0) is 42.8 Å². The van der Waals surface area contributed by atoms with E-state index in [0.29, 0.717) is 17.7 Å². The van der Waals surface area contributed by atoms with E-state index >= 15 is 0 Å². The lowest BCUT2D eigenvalue weighted by Crippen LogP contribution is -2.47. The van der Waals surface area contributed by atoms with Gasteiger partial charge in [0.1, 0.15) is 29.1 Å². The summed E-state index contributed by atoms with van der Waals surface area (Å²) in [5.74, 6) is -5.85. The number of halogens is 5. The van der Waals surface area contributed by atoms with Crippen LogP contribution in [0.3, 0.4) is 0 Å². The molecule has 0 saturated carbocycles. The fourth-order valence-electron chi connectivity index (χ4n) is 3.89. The number of hydrogen-bond acceptors (Lipinski definition) is 2. The number of nitrogens with zero attached hydrogens (tertiary/aromatic N) is 2. The number of fused-ring (bicyclic) bond motifs is 1. The summed E-state index contributed by atoms with van der Waals surface area (Å²) in [6.07, 6.45) is 0. The number of carbonyl (C=O) groups excluding carboxylic acids is 2. The third-order valence-electron chi connectivity index (χ3n) is 5.99. The monoisotopic (exact) mass is 488 g/mol. The van der Waals surface area contributed by atoms with E-state index in [1.165, 1.54) is 17.0 Å². The van der Waals surface area contributed by atoms with Gasteiger partial charge in [0, 0.05) is 42.4 Å². The van der Waals surface area contributed by atoms with Gasteiger partial charge in [-0.3, -0.25) is 9.69 Å². The van der Waals surface area contributed by atoms with Crippen molar-refractivity contribution in [1.29, 1.82) is 0 Å². The van der Waals surface area contributed by atoms with Gasteiger partial charge in [0.2, 0.25) is 0 Å². The Balaban J connectivity index is 1.65. The first kappa shape index (κ1) is 24.2. The molecule has 0 bridgehead atoms. The summed E-state index contributed by atoms with van der Waals surface area (Å²) < 4.78 is 69.4. The maximum absolute atomic E-state index is 14.3. The van der Waals surface area contributed by atoms with Crippen molar-refractivity contribution in [3.63, 3.8) is 0 Å². The summed E-state index contributed by atoms with van der Waals surface area (Å²) in [4.78, 5) is 28.3. The zero-order chi connectivity index (χ0) is 25.4. The molecule has 5 nitrogen and oxygen atoms in total. The Morgan fingerprint density at radius 2 is 1.60 bits per heavy atom. The molecule has 0 unspecified atom stereocenters. The van der Waals surface area contributed by atoms with Crippen LogP contribution in [-0.2, 0) is 13.1 Å². The second-order valence-corrected chi connectivity index (χ2v) is 8.09. The Morgan fingerprint density at radius 3 is 2.23 bits per heavy atom. The highest BCUT2D eigenvalue weighted by Gasteiger charge is 2.34. The smallest absolute Gasteiger partial charge is 0.325 e. The van der Waals surface area contributed by atoms with Gasteiger partial charge in [-0.25, -0.2) is 26.7 Å². The minimum absolute atomic E-state index is 0.0450. The molecule has 1 heterocycles. The van der Waals surface area contributed by atoms with Gasteiger partial charge in [-0.15, -0.1) is 0 Å². The zero-order valence-corrected chi connectivity index (χ0v) is 18.6. The Labute approximate surface area is 197 Å². The van der Waals surface area contributed by atoms with Gasteiger partial charge in [-0.1, -0.05) is 6.07 Å². The number of anilines is 1. The van der Waals surface area contributed by atoms with Crippen molar-refractivity contribution in [2.45, 2.75) is 26.1 Å². The normalized spacial score (nSPS) is 15.3. The standard InChI is InChI=1S/C25H19F5N3O2/c1-13-16-7-6-14(24(34)31-11-17-21(29)9-15(26)10-22(17)30)8-23(16)33(25(35)32(13)2)12-18-19(27)4-3-5-20(18)28/h4-10,13H,11-12H2,1-2H3,(H,31,34)/t13-/m0/s1. The molecule has 3 aromatic carbocycles. The predicted molar refractivity (Wildman–Crippen MR) is 117 cm³/mol. The van der Waals surface area contributed by atoms with Gasteiger partial charge in [0.05, 0.1) is 18.3 Å². The molecule has 0 aliphatic carbocycles. The second-order valence-electron chi connectivity index (χ2n) is 8.09. The first-order valence-electron chi connectivity index (χ1n) is 10.5. The molecule has 0 fully saturated rings. The van der Waals surface area contributed by atoms with Crippen LogP contribution in [0.4, 0.5) is 32.4 Å². The maximum Gasteiger partial charge on any atom is 0.325 e. The van der Waals surface area contributed by atoms with Crippen molar-refractivity contribution in [3.05, 3.63) is 99.9 Å².